The minimum Gasteiger partial charge on any atom is -0.462 e. The topological polar surface area (TPSA) is 67.2 Å². The van der Waals surface area contributed by atoms with Crippen molar-refractivity contribution in [1.82, 2.24) is 0 Å². The van der Waals surface area contributed by atoms with Gasteiger partial charge in [0.25, 0.3) is 0 Å². The van der Waals surface area contributed by atoms with Crippen molar-refractivity contribution in [2.24, 2.45) is 0 Å². The molecule has 0 amide bonds. The van der Waals surface area contributed by atoms with Crippen molar-refractivity contribution in [2.75, 3.05) is 12.5 Å². The molecule has 5 heteroatoms. The van der Waals surface area contributed by atoms with Crippen molar-refractivity contribution in [2.45, 2.75) is 19.8 Å². The molecular weight excluding hydrogens is 266 g/mol. The number of esters is 1. The lowest BCUT2D eigenvalue weighted by atomic mass is 9.97. The average molecular weight is 280 g/mol. The number of benzene rings is 1. The quantitative estimate of drug-likeness (QED) is 0.456. The normalized spacial score (nSPS) is 9.74. The molecule has 0 fully saturated rings. The van der Waals surface area contributed by atoms with E-state index in [1.807, 2.05) is 6.07 Å². The second-order valence-corrected chi connectivity index (χ2v) is 4.17. The second-order valence-electron chi connectivity index (χ2n) is 3.79. The number of alkyl halides is 1. The number of nitrogens with zero attached hydrogens (tertiary/aromatic N) is 1. The highest BCUT2D eigenvalue weighted by atomic mass is 35.5. The Labute approximate surface area is 116 Å². The van der Waals surface area contributed by atoms with Crippen LogP contribution in [0.25, 0.3) is 0 Å². The van der Waals surface area contributed by atoms with Gasteiger partial charge in [-0.25, -0.2) is 4.79 Å². The lowest BCUT2D eigenvalue weighted by Gasteiger charge is -2.08. The molecule has 19 heavy (non-hydrogen) atoms. The fourth-order valence-corrected chi connectivity index (χ4v) is 1.81. The predicted octanol–water partition coefficient (Wildman–Crippen LogP) is 2.74. The van der Waals surface area contributed by atoms with Crippen LogP contribution in [0, 0.1) is 11.3 Å². The molecule has 0 saturated carbocycles. The van der Waals surface area contributed by atoms with E-state index in [2.05, 4.69) is 0 Å². The third-order valence-corrected chi connectivity index (χ3v) is 2.70. The monoisotopic (exact) mass is 279 g/mol. The Morgan fingerprint density at radius 3 is 2.74 bits per heavy atom. The van der Waals surface area contributed by atoms with Gasteiger partial charge in [-0.05, 0) is 24.6 Å². The first-order valence-electron chi connectivity index (χ1n) is 5.90. The van der Waals surface area contributed by atoms with Crippen molar-refractivity contribution < 1.29 is 14.3 Å². The van der Waals surface area contributed by atoms with Gasteiger partial charge in [-0.15, -0.1) is 11.6 Å². The van der Waals surface area contributed by atoms with E-state index in [1.165, 1.54) is 6.07 Å². The molecule has 0 aromatic heterocycles. The molecule has 0 aliphatic carbocycles. The largest absolute Gasteiger partial charge is 0.462 e. The maximum absolute atomic E-state index is 11.9. The second kappa shape index (κ2) is 7.55. The SMILES string of the molecule is CCOC(=O)c1ccc(CC#N)c(C(=O)CCCl)c1. The lowest BCUT2D eigenvalue weighted by Crippen LogP contribution is -2.09. The van der Waals surface area contributed by atoms with E-state index in [9.17, 15) is 9.59 Å². The first kappa shape index (κ1) is 15.2. The summed E-state index contributed by atoms with van der Waals surface area (Å²) in [5.41, 5.74) is 1.28. The van der Waals surface area contributed by atoms with Crippen LogP contribution < -0.4 is 0 Å². The zero-order valence-electron chi connectivity index (χ0n) is 10.6. The number of ether oxygens (including phenoxy) is 1. The molecule has 0 heterocycles. The van der Waals surface area contributed by atoms with Crippen LogP contribution in [-0.2, 0) is 11.2 Å². The molecule has 1 aromatic carbocycles. The van der Waals surface area contributed by atoms with E-state index in [4.69, 9.17) is 21.6 Å². The summed E-state index contributed by atoms with van der Waals surface area (Å²) in [5, 5.41) is 8.74. The maximum atomic E-state index is 11.9. The number of ketones is 1. The molecular formula is C14H14ClNO3. The van der Waals surface area contributed by atoms with Crippen molar-refractivity contribution in [3.05, 3.63) is 34.9 Å². The fraction of sp³-hybridized carbons (Fsp3) is 0.357. The van der Waals surface area contributed by atoms with Gasteiger partial charge in [-0.3, -0.25) is 4.79 Å². The van der Waals surface area contributed by atoms with Crippen molar-refractivity contribution in [3.8, 4) is 6.07 Å². The average Bonchev–Trinajstić information content (AvgIpc) is 2.40. The van der Waals surface area contributed by atoms with Gasteiger partial charge in [0.05, 0.1) is 24.7 Å². The Bertz CT molecular complexity index is 520. The molecule has 0 saturated heterocycles. The number of carbonyl (C=O) groups excluding carboxylic acids is 2. The summed E-state index contributed by atoms with van der Waals surface area (Å²) in [7, 11) is 0. The Morgan fingerprint density at radius 1 is 1.42 bits per heavy atom. The molecule has 0 aliphatic rings. The van der Waals surface area contributed by atoms with Crippen molar-refractivity contribution in [1.29, 1.82) is 5.26 Å². The molecule has 0 aliphatic heterocycles. The smallest absolute Gasteiger partial charge is 0.338 e. The highest BCUT2D eigenvalue weighted by Crippen LogP contribution is 2.16. The molecule has 1 aromatic rings. The fourth-order valence-electron chi connectivity index (χ4n) is 1.64. The van der Waals surface area contributed by atoms with Crippen LogP contribution in [0.3, 0.4) is 0 Å². The van der Waals surface area contributed by atoms with Gasteiger partial charge >= 0.3 is 5.97 Å². The first-order chi connectivity index (χ1) is 9.13. The van der Waals surface area contributed by atoms with E-state index < -0.39 is 5.97 Å². The van der Waals surface area contributed by atoms with E-state index in [0.29, 0.717) is 16.7 Å². The summed E-state index contributed by atoms with van der Waals surface area (Å²) in [6, 6.07) is 6.63. The number of hydrogen-bond acceptors (Lipinski definition) is 4. The van der Waals surface area contributed by atoms with Crippen LogP contribution in [0.1, 0.15) is 39.6 Å². The van der Waals surface area contributed by atoms with Crippen LogP contribution in [0.4, 0.5) is 0 Å². The molecule has 0 N–H and O–H groups in total. The Morgan fingerprint density at radius 2 is 2.16 bits per heavy atom. The third kappa shape index (κ3) is 4.08. The number of rotatable bonds is 6. The maximum Gasteiger partial charge on any atom is 0.338 e. The molecule has 100 valence electrons. The van der Waals surface area contributed by atoms with E-state index in [1.54, 1.807) is 19.1 Å². The summed E-state index contributed by atoms with van der Waals surface area (Å²) >= 11 is 5.55. The van der Waals surface area contributed by atoms with Crippen LogP contribution >= 0.6 is 11.6 Å². The zero-order valence-corrected chi connectivity index (χ0v) is 11.4. The standard InChI is InChI=1S/C14H14ClNO3/c1-2-19-14(18)11-4-3-10(6-8-16)12(9-11)13(17)5-7-15/h3-4,9H,2,5-7H2,1H3. The predicted molar refractivity (Wildman–Crippen MR) is 71.4 cm³/mol. The molecule has 4 nitrogen and oxygen atoms in total. The summed E-state index contributed by atoms with van der Waals surface area (Å²) in [6.07, 6.45) is 0.290. The molecule has 0 bridgehead atoms. The Kier molecular flexibility index (Phi) is 6.04. The van der Waals surface area contributed by atoms with E-state index in [0.717, 1.165) is 0 Å². The minimum absolute atomic E-state index is 0.118. The number of carbonyl (C=O) groups is 2. The number of nitriles is 1. The molecule has 0 radical (unpaired) electrons. The van der Waals surface area contributed by atoms with Crippen molar-refractivity contribution >= 4 is 23.4 Å². The van der Waals surface area contributed by atoms with Gasteiger partial charge < -0.3 is 4.74 Å². The van der Waals surface area contributed by atoms with Crippen LogP contribution in [0.15, 0.2) is 18.2 Å². The van der Waals surface area contributed by atoms with E-state index in [-0.39, 0.29) is 31.1 Å². The number of Topliss-reactive ketones (excluding diaryl/α,β-unsaturated/α-hetero) is 1. The third-order valence-electron chi connectivity index (χ3n) is 2.51. The van der Waals surface area contributed by atoms with Crippen LogP contribution in [-0.4, -0.2) is 24.2 Å². The number of hydrogen-bond donors (Lipinski definition) is 0. The molecule has 0 unspecified atom stereocenters. The highest BCUT2D eigenvalue weighted by Gasteiger charge is 2.15. The summed E-state index contributed by atoms with van der Waals surface area (Å²) < 4.78 is 4.88. The molecule has 0 atom stereocenters. The Hall–Kier alpha value is -1.86. The lowest BCUT2D eigenvalue weighted by molar-refractivity contribution is 0.0526. The van der Waals surface area contributed by atoms with Gasteiger partial charge in [0.15, 0.2) is 5.78 Å². The summed E-state index contributed by atoms with van der Waals surface area (Å²) in [5.74, 6) is -0.452. The van der Waals surface area contributed by atoms with Crippen LogP contribution in [0.5, 0.6) is 0 Å². The van der Waals surface area contributed by atoms with Crippen LogP contribution in [0.2, 0.25) is 0 Å². The highest BCUT2D eigenvalue weighted by molar-refractivity contribution is 6.19. The van der Waals surface area contributed by atoms with Gasteiger partial charge in [0.1, 0.15) is 0 Å². The van der Waals surface area contributed by atoms with Crippen molar-refractivity contribution in [3.63, 3.8) is 0 Å². The summed E-state index contributed by atoms with van der Waals surface area (Å²) in [4.78, 5) is 23.5. The van der Waals surface area contributed by atoms with Gasteiger partial charge in [-0.1, -0.05) is 6.07 Å². The van der Waals surface area contributed by atoms with Gasteiger partial charge in [0, 0.05) is 17.9 Å². The summed E-state index contributed by atoms with van der Waals surface area (Å²) in [6.45, 7) is 1.98. The van der Waals surface area contributed by atoms with Gasteiger partial charge in [0.2, 0.25) is 0 Å². The minimum atomic E-state index is -0.481. The molecule has 0 spiro atoms. The van der Waals surface area contributed by atoms with Gasteiger partial charge in [-0.2, -0.15) is 5.26 Å². The zero-order chi connectivity index (χ0) is 14.3. The molecule has 1 rings (SSSR count). The Balaban J connectivity index is 3.14. The first-order valence-corrected chi connectivity index (χ1v) is 6.43. The van der Waals surface area contributed by atoms with E-state index >= 15 is 0 Å². The number of halogens is 1.